The Hall–Kier alpha value is -2.54. The molecule has 1 nitrogen and oxygen atoms in total. The fourth-order valence-electron chi connectivity index (χ4n) is 3.11. The number of hydrogen-bond donors (Lipinski definition) is 0. The summed E-state index contributed by atoms with van der Waals surface area (Å²) < 4.78 is 2.35. The third-order valence-corrected chi connectivity index (χ3v) is 4.09. The van der Waals surface area contributed by atoms with E-state index in [9.17, 15) is 0 Å². The smallest absolute Gasteiger partial charge is 0.0541 e. The highest BCUT2D eigenvalue weighted by atomic mass is 15.0. The van der Waals surface area contributed by atoms with Crippen molar-refractivity contribution in [3.05, 3.63) is 77.9 Å². The van der Waals surface area contributed by atoms with Gasteiger partial charge >= 0.3 is 0 Å². The zero-order chi connectivity index (χ0) is 20.4. The molecule has 0 aliphatic carbocycles. The quantitative estimate of drug-likeness (QED) is 0.320. The second-order valence-electron chi connectivity index (χ2n) is 5.71. The Labute approximate surface area is 165 Å². The van der Waals surface area contributed by atoms with Gasteiger partial charge in [0, 0.05) is 16.5 Å². The molecule has 0 saturated heterocycles. The van der Waals surface area contributed by atoms with Crippen LogP contribution in [0.25, 0.3) is 27.5 Å². The Kier molecular flexibility index (Phi) is 9.36. The van der Waals surface area contributed by atoms with Gasteiger partial charge in [0.15, 0.2) is 0 Å². The van der Waals surface area contributed by atoms with Crippen LogP contribution < -0.4 is 0 Å². The van der Waals surface area contributed by atoms with Gasteiger partial charge in [0.2, 0.25) is 0 Å². The Morgan fingerprint density at radius 2 is 0.926 bits per heavy atom. The van der Waals surface area contributed by atoms with Crippen LogP contribution in [0.4, 0.5) is 0 Å². The average Bonchev–Trinajstić information content (AvgIpc) is 3.06. The van der Waals surface area contributed by atoms with Gasteiger partial charge in [-0.1, -0.05) is 83.0 Å². The third kappa shape index (κ3) is 4.80. The van der Waals surface area contributed by atoms with E-state index in [1.807, 2.05) is 41.5 Å². The molecule has 1 heteroatoms. The molecule has 0 spiro atoms. The lowest BCUT2D eigenvalue weighted by molar-refractivity contribution is 1.18. The number of fused-ring (bicyclic) bond motifs is 3. The maximum absolute atomic E-state index is 2.35. The highest BCUT2D eigenvalue weighted by molar-refractivity contribution is 6.09. The van der Waals surface area contributed by atoms with Gasteiger partial charge in [-0.15, -0.1) is 0 Å². The summed E-state index contributed by atoms with van der Waals surface area (Å²) in [4.78, 5) is 0. The predicted octanol–water partition coefficient (Wildman–Crippen LogP) is 8.48. The van der Waals surface area contributed by atoms with Crippen molar-refractivity contribution in [3.8, 4) is 5.69 Å². The van der Waals surface area contributed by atoms with Crippen molar-refractivity contribution >= 4 is 21.8 Å². The van der Waals surface area contributed by atoms with Crippen LogP contribution in [0.1, 0.15) is 52.7 Å². The van der Waals surface area contributed by atoms with Crippen LogP contribution in [0.15, 0.2) is 66.7 Å². The van der Waals surface area contributed by atoms with Gasteiger partial charge in [0.05, 0.1) is 11.0 Å². The molecule has 27 heavy (non-hydrogen) atoms. The number of aromatic nitrogens is 1. The van der Waals surface area contributed by atoms with Crippen molar-refractivity contribution in [2.24, 2.45) is 0 Å². The molecule has 1 aromatic heterocycles. The zero-order valence-electron chi connectivity index (χ0n) is 18.3. The summed E-state index contributed by atoms with van der Waals surface area (Å²) >= 11 is 0. The fraction of sp³-hybridized carbons (Fsp3) is 0.308. The molecule has 0 bridgehead atoms. The minimum atomic E-state index is 1.21. The molecule has 0 aliphatic heterocycles. The van der Waals surface area contributed by atoms with E-state index in [1.165, 1.54) is 38.6 Å². The first-order chi connectivity index (χ1) is 13.2. The van der Waals surface area contributed by atoms with Crippen molar-refractivity contribution in [2.75, 3.05) is 0 Å². The predicted molar refractivity (Wildman–Crippen MR) is 124 cm³/mol. The van der Waals surface area contributed by atoms with Crippen molar-refractivity contribution in [1.29, 1.82) is 0 Å². The minimum absolute atomic E-state index is 1.21. The highest BCUT2D eigenvalue weighted by Crippen LogP contribution is 2.33. The van der Waals surface area contributed by atoms with Gasteiger partial charge in [-0.3, -0.25) is 0 Å². The molecule has 0 amide bonds. The van der Waals surface area contributed by atoms with Gasteiger partial charge in [0.1, 0.15) is 0 Å². The summed E-state index contributed by atoms with van der Waals surface area (Å²) in [6, 6.07) is 24.0. The summed E-state index contributed by atoms with van der Waals surface area (Å²) in [5.74, 6) is 0. The topological polar surface area (TPSA) is 4.93 Å². The van der Waals surface area contributed by atoms with Crippen LogP contribution in [0.3, 0.4) is 0 Å². The van der Waals surface area contributed by atoms with E-state index in [-0.39, 0.29) is 0 Å². The van der Waals surface area contributed by atoms with Crippen LogP contribution in [0.5, 0.6) is 0 Å². The van der Waals surface area contributed by atoms with Crippen LogP contribution in [0, 0.1) is 13.8 Å². The Balaban J connectivity index is 0.000000556. The molecular formula is C26H35N. The molecule has 0 N–H and O–H groups in total. The summed E-state index contributed by atoms with van der Waals surface area (Å²) in [7, 11) is 0. The SMILES string of the molecule is CC.CC.CC.Cc1ccc2c(c1)c1cc(C)ccc1n2-c1ccccc1. The minimum Gasteiger partial charge on any atom is -0.309 e. The molecule has 1 heterocycles. The number of nitrogens with zero attached hydrogens (tertiary/aromatic N) is 1. The van der Waals surface area contributed by atoms with E-state index in [4.69, 9.17) is 0 Å². The average molecular weight is 362 g/mol. The molecule has 144 valence electrons. The van der Waals surface area contributed by atoms with E-state index in [2.05, 4.69) is 85.1 Å². The van der Waals surface area contributed by atoms with Crippen LogP contribution in [-0.4, -0.2) is 4.57 Å². The molecular weight excluding hydrogens is 326 g/mol. The monoisotopic (exact) mass is 361 g/mol. The maximum Gasteiger partial charge on any atom is 0.0541 e. The standard InChI is InChI=1S/C20H17N.3C2H6/c1-14-8-10-19-17(12-14)18-13-15(2)9-11-20(18)21(19)16-6-4-3-5-7-16;3*1-2/h3-13H,1-2H3;3*1-2H3. The van der Waals surface area contributed by atoms with Crippen LogP contribution in [-0.2, 0) is 0 Å². The van der Waals surface area contributed by atoms with Gasteiger partial charge < -0.3 is 4.57 Å². The maximum atomic E-state index is 2.35. The molecule has 0 unspecified atom stereocenters. The first-order valence-electron chi connectivity index (χ1n) is 10.3. The number of hydrogen-bond acceptors (Lipinski definition) is 0. The third-order valence-electron chi connectivity index (χ3n) is 4.09. The number of para-hydroxylation sites is 1. The van der Waals surface area contributed by atoms with Gasteiger partial charge in [-0.05, 0) is 50.2 Å². The fourth-order valence-corrected chi connectivity index (χ4v) is 3.11. The van der Waals surface area contributed by atoms with E-state index in [0.717, 1.165) is 0 Å². The Morgan fingerprint density at radius 3 is 1.33 bits per heavy atom. The summed E-state index contributed by atoms with van der Waals surface area (Å²) in [5, 5.41) is 2.66. The molecule has 3 aromatic carbocycles. The lowest BCUT2D eigenvalue weighted by Gasteiger charge is -2.07. The summed E-state index contributed by atoms with van der Waals surface area (Å²) in [5.41, 5.74) is 6.36. The van der Waals surface area contributed by atoms with Crippen molar-refractivity contribution in [3.63, 3.8) is 0 Å². The lowest BCUT2D eigenvalue weighted by atomic mass is 10.1. The highest BCUT2D eigenvalue weighted by Gasteiger charge is 2.11. The van der Waals surface area contributed by atoms with E-state index in [1.54, 1.807) is 0 Å². The first-order valence-corrected chi connectivity index (χ1v) is 10.3. The summed E-state index contributed by atoms with van der Waals surface area (Å²) in [6.07, 6.45) is 0. The largest absolute Gasteiger partial charge is 0.309 e. The molecule has 0 radical (unpaired) electrons. The van der Waals surface area contributed by atoms with E-state index in [0.29, 0.717) is 0 Å². The normalized spacial score (nSPS) is 9.48. The van der Waals surface area contributed by atoms with Gasteiger partial charge in [-0.25, -0.2) is 0 Å². The molecule has 4 aromatic rings. The molecule has 0 aliphatic rings. The second kappa shape index (κ2) is 11.2. The molecule has 4 rings (SSSR count). The second-order valence-corrected chi connectivity index (χ2v) is 5.71. The lowest BCUT2D eigenvalue weighted by Crippen LogP contribution is -1.92. The van der Waals surface area contributed by atoms with Crippen molar-refractivity contribution in [2.45, 2.75) is 55.4 Å². The first kappa shape index (κ1) is 22.5. The van der Waals surface area contributed by atoms with Crippen molar-refractivity contribution < 1.29 is 0 Å². The molecule has 0 saturated carbocycles. The molecule has 0 fully saturated rings. The zero-order valence-corrected chi connectivity index (χ0v) is 18.3. The van der Waals surface area contributed by atoms with Crippen molar-refractivity contribution in [1.82, 2.24) is 4.57 Å². The van der Waals surface area contributed by atoms with Crippen LogP contribution >= 0.6 is 0 Å². The van der Waals surface area contributed by atoms with Crippen LogP contribution in [0.2, 0.25) is 0 Å². The Morgan fingerprint density at radius 1 is 0.519 bits per heavy atom. The summed E-state index contributed by atoms with van der Waals surface area (Å²) in [6.45, 7) is 16.3. The Bertz CT molecular complexity index is 887. The molecule has 0 atom stereocenters. The van der Waals surface area contributed by atoms with Gasteiger partial charge in [-0.2, -0.15) is 0 Å². The number of aryl methyl sites for hydroxylation is 2. The van der Waals surface area contributed by atoms with Gasteiger partial charge in [0.25, 0.3) is 0 Å². The number of rotatable bonds is 1. The van der Waals surface area contributed by atoms with E-state index >= 15 is 0 Å². The van der Waals surface area contributed by atoms with E-state index < -0.39 is 0 Å². The number of benzene rings is 3.